The van der Waals surface area contributed by atoms with Gasteiger partial charge in [-0.25, -0.2) is 4.98 Å². The Kier molecular flexibility index (Phi) is 2.82. The maximum Gasteiger partial charge on any atom is 0.116 e. The molecule has 4 heteroatoms. The van der Waals surface area contributed by atoms with E-state index in [0.717, 1.165) is 42.9 Å². The van der Waals surface area contributed by atoms with E-state index in [1.165, 1.54) is 0 Å². The quantitative estimate of drug-likeness (QED) is 0.871. The molecule has 90 valence electrons. The van der Waals surface area contributed by atoms with Gasteiger partial charge in [-0.3, -0.25) is 4.40 Å². The van der Waals surface area contributed by atoms with Crippen molar-refractivity contribution in [2.24, 2.45) is 5.73 Å². The largest absolute Gasteiger partial charge is 0.378 e. The van der Waals surface area contributed by atoms with Crippen molar-refractivity contribution in [2.75, 3.05) is 6.61 Å². The van der Waals surface area contributed by atoms with Crippen LogP contribution in [0.4, 0.5) is 0 Å². The molecule has 0 aromatic carbocycles. The lowest BCUT2D eigenvalue weighted by Gasteiger charge is -2.10. The third kappa shape index (κ3) is 1.94. The maximum absolute atomic E-state index is 5.77. The van der Waals surface area contributed by atoms with Crippen molar-refractivity contribution in [2.45, 2.75) is 31.9 Å². The lowest BCUT2D eigenvalue weighted by Crippen LogP contribution is -2.14. The Balaban J connectivity index is 1.98. The minimum atomic E-state index is 0.325. The lowest BCUT2D eigenvalue weighted by atomic mass is 10.2. The summed E-state index contributed by atoms with van der Waals surface area (Å²) in [6, 6.07) is 6.13. The Morgan fingerprint density at radius 1 is 1.47 bits per heavy atom. The van der Waals surface area contributed by atoms with Crippen LogP contribution in [-0.4, -0.2) is 22.1 Å². The van der Waals surface area contributed by atoms with Crippen LogP contribution in [0, 0.1) is 0 Å². The van der Waals surface area contributed by atoms with E-state index in [2.05, 4.69) is 15.5 Å². The molecule has 1 fully saturated rings. The van der Waals surface area contributed by atoms with Crippen LogP contribution >= 0.6 is 0 Å². The zero-order valence-corrected chi connectivity index (χ0v) is 9.80. The fraction of sp³-hybridized carbons (Fsp3) is 0.462. The van der Waals surface area contributed by atoms with Gasteiger partial charge in [0.25, 0.3) is 0 Å². The molecule has 1 unspecified atom stereocenters. The van der Waals surface area contributed by atoms with Crippen molar-refractivity contribution in [1.29, 1.82) is 0 Å². The number of nitrogens with two attached hydrogens (primary N) is 1. The smallest absolute Gasteiger partial charge is 0.116 e. The molecule has 1 aliphatic rings. The predicted molar refractivity (Wildman–Crippen MR) is 65.8 cm³/mol. The average Bonchev–Trinajstić information content (AvgIpc) is 2.99. The molecule has 0 radical (unpaired) electrons. The van der Waals surface area contributed by atoms with Crippen LogP contribution in [0.15, 0.2) is 24.4 Å². The van der Waals surface area contributed by atoms with Gasteiger partial charge in [0.2, 0.25) is 0 Å². The molecule has 0 spiro atoms. The molecule has 0 aliphatic carbocycles. The van der Waals surface area contributed by atoms with Crippen LogP contribution in [0.3, 0.4) is 0 Å². The first-order chi connectivity index (χ1) is 8.38. The summed E-state index contributed by atoms with van der Waals surface area (Å²) in [6.45, 7) is 1.42. The second kappa shape index (κ2) is 4.47. The Labute approximate surface area is 100 Å². The van der Waals surface area contributed by atoms with Crippen LogP contribution in [0.25, 0.3) is 5.52 Å². The van der Waals surface area contributed by atoms with Gasteiger partial charge >= 0.3 is 0 Å². The van der Waals surface area contributed by atoms with Gasteiger partial charge in [-0.05, 0) is 25.0 Å². The SMILES string of the molecule is NCc1cccc2cnc(CC3CCCO3)n12. The van der Waals surface area contributed by atoms with Crippen molar-refractivity contribution >= 4 is 5.52 Å². The molecule has 0 saturated carbocycles. The highest BCUT2D eigenvalue weighted by Gasteiger charge is 2.18. The van der Waals surface area contributed by atoms with Crippen LogP contribution in [0.5, 0.6) is 0 Å². The molecule has 3 heterocycles. The van der Waals surface area contributed by atoms with Crippen LogP contribution in [-0.2, 0) is 17.7 Å². The topological polar surface area (TPSA) is 52.5 Å². The molecule has 1 saturated heterocycles. The minimum absolute atomic E-state index is 0.325. The highest BCUT2D eigenvalue weighted by Crippen LogP contribution is 2.18. The van der Waals surface area contributed by atoms with Gasteiger partial charge in [-0.2, -0.15) is 0 Å². The third-order valence-corrected chi connectivity index (χ3v) is 3.35. The fourth-order valence-corrected chi connectivity index (χ4v) is 2.50. The zero-order valence-electron chi connectivity index (χ0n) is 9.80. The molecular formula is C13H17N3O. The third-order valence-electron chi connectivity index (χ3n) is 3.35. The number of aromatic nitrogens is 2. The molecule has 2 aromatic rings. The van der Waals surface area contributed by atoms with E-state index < -0.39 is 0 Å². The minimum Gasteiger partial charge on any atom is -0.378 e. The lowest BCUT2D eigenvalue weighted by molar-refractivity contribution is 0.109. The molecular weight excluding hydrogens is 214 g/mol. The van der Waals surface area contributed by atoms with E-state index in [1.807, 2.05) is 18.3 Å². The van der Waals surface area contributed by atoms with Gasteiger partial charge in [0, 0.05) is 25.3 Å². The van der Waals surface area contributed by atoms with Gasteiger partial charge in [0.1, 0.15) is 5.82 Å². The summed E-state index contributed by atoms with van der Waals surface area (Å²) >= 11 is 0. The first-order valence-electron chi connectivity index (χ1n) is 6.14. The fourth-order valence-electron chi connectivity index (χ4n) is 2.50. The van der Waals surface area contributed by atoms with Crippen LogP contribution in [0.2, 0.25) is 0 Å². The molecule has 2 N–H and O–H groups in total. The number of pyridine rings is 1. The van der Waals surface area contributed by atoms with Crippen LogP contribution in [0.1, 0.15) is 24.4 Å². The molecule has 1 atom stereocenters. The Hall–Kier alpha value is -1.39. The summed E-state index contributed by atoms with van der Waals surface area (Å²) in [7, 11) is 0. The Morgan fingerprint density at radius 3 is 3.18 bits per heavy atom. The van der Waals surface area contributed by atoms with Crippen molar-refractivity contribution in [3.8, 4) is 0 Å². The van der Waals surface area contributed by atoms with Gasteiger partial charge in [-0.15, -0.1) is 0 Å². The van der Waals surface area contributed by atoms with Gasteiger partial charge in [-0.1, -0.05) is 6.07 Å². The van der Waals surface area contributed by atoms with E-state index >= 15 is 0 Å². The van der Waals surface area contributed by atoms with Crippen molar-refractivity contribution in [3.05, 3.63) is 35.9 Å². The molecule has 0 bridgehead atoms. The van der Waals surface area contributed by atoms with Crippen molar-refractivity contribution in [3.63, 3.8) is 0 Å². The summed E-state index contributed by atoms with van der Waals surface area (Å²) in [6.07, 6.45) is 5.41. The highest BCUT2D eigenvalue weighted by molar-refractivity contribution is 5.47. The van der Waals surface area contributed by atoms with E-state index in [0.29, 0.717) is 12.6 Å². The van der Waals surface area contributed by atoms with Gasteiger partial charge in [0.15, 0.2) is 0 Å². The molecule has 4 nitrogen and oxygen atoms in total. The second-order valence-electron chi connectivity index (χ2n) is 4.50. The first-order valence-corrected chi connectivity index (χ1v) is 6.14. The summed E-state index contributed by atoms with van der Waals surface area (Å²) in [5.74, 6) is 1.06. The molecule has 2 aromatic heterocycles. The first kappa shape index (κ1) is 10.7. The summed E-state index contributed by atoms with van der Waals surface area (Å²) in [5, 5.41) is 0. The molecule has 17 heavy (non-hydrogen) atoms. The standard InChI is InChI=1S/C13H17N3O/c14-8-10-3-1-4-11-9-15-13(16(10)11)7-12-5-2-6-17-12/h1,3-4,9,12H,2,5-8,14H2. The monoisotopic (exact) mass is 231 g/mol. The zero-order chi connectivity index (χ0) is 11.7. The molecule has 1 aliphatic heterocycles. The maximum atomic E-state index is 5.77. The summed E-state index contributed by atoms with van der Waals surface area (Å²) < 4.78 is 7.82. The Bertz CT molecular complexity index is 514. The van der Waals surface area contributed by atoms with Crippen molar-refractivity contribution < 1.29 is 4.74 Å². The normalized spacial score (nSPS) is 20.2. The number of imidazole rings is 1. The predicted octanol–water partition coefficient (Wildman–Crippen LogP) is 1.51. The van der Waals surface area contributed by atoms with Gasteiger partial charge in [0.05, 0.1) is 17.8 Å². The van der Waals surface area contributed by atoms with E-state index in [-0.39, 0.29) is 0 Å². The van der Waals surface area contributed by atoms with E-state index in [4.69, 9.17) is 10.5 Å². The number of nitrogens with zero attached hydrogens (tertiary/aromatic N) is 2. The number of fused-ring (bicyclic) bond motifs is 1. The van der Waals surface area contributed by atoms with E-state index in [1.54, 1.807) is 0 Å². The summed E-state index contributed by atoms with van der Waals surface area (Å²) in [4.78, 5) is 4.49. The molecule has 0 amide bonds. The number of rotatable bonds is 3. The number of ether oxygens (including phenoxy) is 1. The van der Waals surface area contributed by atoms with Gasteiger partial charge < -0.3 is 10.5 Å². The molecule has 3 rings (SSSR count). The average molecular weight is 231 g/mol. The highest BCUT2D eigenvalue weighted by atomic mass is 16.5. The van der Waals surface area contributed by atoms with E-state index in [9.17, 15) is 0 Å². The second-order valence-corrected chi connectivity index (χ2v) is 4.50. The van der Waals surface area contributed by atoms with Crippen LogP contribution < -0.4 is 5.73 Å². The van der Waals surface area contributed by atoms with Crippen molar-refractivity contribution in [1.82, 2.24) is 9.38 Å². The summed E-state index contributed by atoms with van der Waals surface area (Å²) in [5.41, 5.74) is 7.99. The number of hydrogen-bond donors (Lipinski definition) is 1. The Morgan fingerprint density at radius 2 is 2.41 bits per heavy atom. The number of hydrogen-bond acceptors (Lipinski definition) is 3.